The predicted molar refractivity (Wildman–Crippen MR) is 59.4 cm³/mol. The molecule has 1 aliphatic rings. The monoisotopic (exact) mass is 211 g/mol. The summed E-state index contributed by atoms with van der Waals surface area (Å²) in [5, 5.41) is 17.6. The molecule has 1 fully saturated rings. The van der Waals surface area contributed by atoms with Gasteiger partial charge in [-0.25, -0.2) is 0 Å². The first-order valence-corrected chi connectivity index (χ1v) is 6.17. The van der Waals surface area contributed by atoms with Gasteiger partial charge in [0.15, 0.2) is 0 Å². The van der Waals surface area contributed by atoms with Gasteiger partial charge in [-0.3, -0.25) is 0 Å². The van der Waals surface area contributed by atoms with Crippen LogP contribution in [-0.2, 0) is 6.54 Å². The molecule has 2 nitrogen and oxygen atoms in total. The molecule has 0 bridgehead atoms. The lowest BCUT2D eigenvalue weighted by Gasteiger charge is -2.22. The van der Waals surface area contributed by atoms with Gasteiger partial charge >= 0.3 is 0 Å². The van der Waals surface area contributed by atoms with E-state index in [2.05, 4.69) is 22.1 Å². The summed E-state index contributed by atoms with van der Waals surface area (Å²) < 4.78 is 0. The normalized spacial score (nSPS) is 20.1. The molecule has 1 heterocycles. The number of aliphatic hydroxyl groups is 1. The van der Waals surface area contributed by atoms with Crippen molar-refractivity contribution < 1.29 is 5.11 Å². The molecular formula is C11H17NOS. The fourth-order valence-corrected chi connectivity index (χ4v) is 2.71. The zero-order chi connectivity index (χ0) is 9.86. The molecule has 0 saturated heterocycles. The van der Waals surface area contributed by atoms with Gasteiger partial charge in [0.1, 0.15) is 0 Å². The van der Waals surface area contributed by atoms with Crippen LogP contribution in [0.3, 0.4) is 0 Å². The number of rotatable bonds is 4. The summed E-state index contributed by atoms with van der Waals surface area (Å²) in [6, 6.07) is 2.12. The first-order valence-electron chi connectivity index (χ1n) is 5.23. The third-order valence-electron chi connectivity index (χ3n) is 2.90. The lowest BCUT2D eigenvalue weighted by Crippen LogP contribution is -2.37. The van der Waals surface area contributed by atoms with Gasteiger partial charge < -0.3 is 10.4 Å². The minimum absolute atomic E-state index is 0.421. The van der Waals surface area contributed by atoms with Crippen LogP contribution in [0.25, 0.3) is 0 Å². The van der Waals surface area contributed by atoms with E-state index in [0.29, 0.717) is 0 Å². The van der Waals surface area contributed by atoms with Crippen LogP contribution in [0.5, 0.6) is 0 Å². The summed E-state index contributed by atoms with van der Waals surface area (Å²) in [6.45, 7) is 1.62. The van der Waals surface area contributed by atoms with Crippen LogP contribution in [0, 0.1) is 0 Å². The van der Waals surface area contributed by atoms with E-state index in [9.17, 15) is 5.11 Å². The van der Waals surface area contributed by atoms with Crippen molar-refractivity contribution in [2.24, 2.45) is 0 Å². The first-order chi connectivity index (χ1) is 6.79. The minimum Gasteiger partial charge on any atom is -0.389 e. The van der Waals surface area contributed by atoms with Crippen LogP contribution in [0.1, 0.15) is 31.2 Å². The standard InChI is InChI=1S/C11H17NOS/c13-11(4-1-2-5-11)9-12-7-10-3-6-14-8-10/h3,6,8,12-13H,1-2,4-5,7,9H2. The quantitative estimate of drug-likeness (QED) is 0.799. The Kier molecular flexibility index (Phi) is 3.21. The number of hydrogen-bond donors (Lipinski definition) is 2. The van der Waals surface area contributed by atoms with Crippen LogP contribution >= 0.6 is 11.3 Å². The lowest BCUT2D eigenvalue weighted by molar-refractivity contribution is 0.0475. The topological polar surface area (TPSA) is 32.3 Å². The van der Waals surface area contributed by atoms with Gasteiger partial charge in [0.2, 0.25) is 0 Å². The number of nitrogens with one attached hydrogen (secondary N) is 1. The van der Waals surface area contributed by atoms with E-state index in [1.165, 1.54) is 18.4 Å². The molecular weight excluding hydrogens is 194 g/mol. The predicted octanol–water partition coefficient (Wildman–Crippen LogP) is 2.14. The molecule has 0 amide bonds. The number of hydrogen-bond acceptors (Lipinski definition) is 3. The molecule has 1 aromatic heterocycles. The van der Waals surface area contributed by atoms with Gasteiger partial charge in [-0.15, -0.1) is 0 Å². The Labute approximate surface area is 89.0 Å². The summed E-state index contributed by atoms with van der Waals surface area (Å²) in [4.78, 5) is 0. The molecule has 2 N–H and O–H groups in total. The van der Waals surface area contributed by atoms with Crippen LogP contribution in [0.4, 0.5) is 0 Å². The summed E-state index contributed by atoms with van der Waals surface area (Å²) in [7, 11) is 0. The Morgan fingerprint density at radius 2 is 2.21 bits per heavy atom. The highest BCUT2D eigenvalue weighted by molar-refractivity contribution is 7.07. The van der Waals surface area contributed by atoms with E-state index in [4.69, 9.17) is 0 Å². The maximum Gasteiger partial charge on any atom is 0.0771 e. The molecule has 3 heteroatoms. The van der Waals surface area contributed by atoms with E-state index < -0.39 is 5.60 Å². The molecule has 1 saturated carbocycles. The van der Waals surface area contributed by atoms with E-state index in [0.717, 1.165) is 25.9 Å². The second-order valence-corrected chi connectivity index (χ2v) is 4.95. The summed E-state index contributed by atoms with van der Waals surface area (Å²) >= 11 is 1.72. The average Bonchev–Trinajstić information content (AvgIpc) is 2.77. The largest absolute Gasteiger partial charge is 0.389 e. The molecule has 0 atom stereocenters. The average molecular weight is 211 g/mol. The highest BCUT2D eigenvalue weighted by Crippen LogP contribution is 2.28. The van der Waals surface area contributed by atoms with E-state index in [-0.39, 0.29) is 0 Å². The smallest absolute Gasteiger partial charge is 0.0771 e. The van der Waals surface area contributed by atoms with Crippen LogP contribution in [-0.4, -0.2) is 17.3 Å². The third kappa shape index (κ3) is 2.56. The zero-order valence-corrected chi connectivity index (χ0v) is 9.15. The fourth-order valence-electron chi connectivity index (χ4n) is 2.04. The van der Waals surface area contributed by atoms with Gasteiger partial charge in [0.05, 0.1) is 5.60 Å². The lowest BCUT2D eigenvalue weighted by atomic mass is 10.0. The summed E-state index contributed by atoms with van der Waals surface area (Å²) in [6.07, 6.45) is 4.28. The highest BCUT2D eigenvalue weighted by atomic mass is 32.1. The third-order valence-corrected chi connectivity index (χ3v) is 3.63. The Balaban J connectivity index is 1.72. The van der Waals surface area contributed by atoms with Gasteiger partial charge in [-0.2, -0.15) is 11.3 Å². The van der Waals surface area contributed by atoms with Crippen molar-refractivity contribution in [3.63, 3.8) is 0 Å². The zero-order valence-electron chi connectivity index (χ0n) is 8.33. The molecule has 78 valence electrons. The van der Waals surface area contributed by atoms with Crippen LogP contribution < -0.4 is 5.32 Å². The van der Waals surface area contributed by atoms with Crippen LogP contribution in [0.2, 0.25) is 0 Å². The van der Waals surface area contributed by atoms with Gasteiger partial charge in [-0.05, 0) is 35.2 Å². The Morgan fingerprint density at radius 1 is 1.43 bits per heavy atom. The van der Waals surface area contributed by atoms with E-state index in [1.807, 2.05) is 0 Å². The van der Waals surface area contributed by atoms with E-state index in [1.54, 1.807) is 11.3 Å². The maximum atomic E-state index is 10.1. The van der Waals surface area contributed by atoms with Crippen LogP contribution in [0.15, 0.2) is 16.8 Å². The Bertz CT molecular complexity index is 265. The molecule has 0 aliphatic heterocycles. The van der Waals surface area contributed by atoms with Crippen molar-refractivity contribution in [2.75, 3.05) is 6.54 Å². The summed E-state index contributed by atoms with van der Waals surface area (Å²) in [5.41, 5.74) is 0.896. The molecule has 0 spiro atoms. The van der Waals surface area contributed by atoms with E-state index >= 15 is 0 Å². The van der Waals surface area contributed by atoms with Gasteiger partial charge in [-0.1, -0.05) is 12.8 Å². The molecule has 1 aliphatic carbocycles. The van der Waals surface area contributed by atoms with Crippen molar-refractivity contribution in [3.8, 4) is 0 Å². The molecule has 1 aromatic rings. The van der Waals surface area contributed by atoms with Gasteiger partial charge in [0, 0.05) is 13.1 Å². The van der Waals surface area contributed by atoms with Crippen molar-refractivity contribution in [3.05, 3.63) is 22.4 Å². The van der Waals surface area contributed by atoms with Crippen molar-refractivity contribution in [1.29, 1.82) is 0 Å². The number of thiophene rings is 1. The second-order valence-electron chi connectivity index (χ2n) is 4.17. The Hall–Kier alpha value is -0.380. The summed E-state index contributed by atoms with van der Waals surface area (Å²) in [5.74, 6) is 0. The Morgan fingerprint density at radius 3 is 2.86 bits per heavy atom. The molecule has 0 aromatic carbocycles. The van der Waals surface area contributed by atoms with Crippen molar-refractivity contribution >= 4 is 11.3 Å². The molecule has 0 unspecified atom stereocenters. The molecule has 0 radical (unpaired) electrons. The molecule has 2 rings (SSSR count). The maximum absolute atomic E-state index is 10.1. The van der Waals surface area contributed by atoms with Crippen molar-refractivity contribution in [1.82, 2.24) is 5.32 Å². The minimum atomic E-state index is -0.421. The fraction of sp³-hybridized carbons (Fsp3) is 0.636. The highest BCUT2D eigenvalue weighted by Gasteiger charge is 2.30. The SMILES string of the molecule is OC1(CNCc2ccsc2)CCCC1. The van der Waals surface area contributed by atoms with Crippen molar-refractivity contribution in [2.45, 2.75) is 37.8 Å². The van der Waals surface area contributed by atoms with Gasteiger partial charge in [0.25, 0.3) is 0 Å². The first kappa shape index (κ1) is 10.1. The molecule has 14 heavy (non-hydrogen) atoms. The second kappa shape index (κ2) is 4.43.